The van der Waals surface area contributed by atoms with E-state index in [0.717, 1.165) is 22.6 Å². The van der Waals surface area contributed by atoms with Gasteiger partial charge in [-0.2, -0.15) is 0 Å². The summed E-state index contributed by atoms with van der Waals surface area (Å²) in [7, 11) is 0. The van der Waals surface area contributed by atoms with Gasteiger partial charge in [0.05, 0.1) is 11.4 Å². The van der Waals surface area contributed by atoms with E-state index < -0.39 is 0 Å². The molecule has 4 aromatic rings. The van der Waals surface area contributed by atoms with Gasteiger partial charge in [-0.25, -0.2) is 4.98 Å². The monoisotopic (exact) mass is 436 g/mol. The second kappa shape index (κ2) is 9.19. The maximum atomic E-state index is 12.4. The van der Waals surface area contributed by atoms with Crippen molar-refractivity contribution >= 4 is 34.1 Å². The van der Waals surface area contributed by atoms with E-state index in [9.17, 15) is 4.79 Å². The maximum Gasteiger partial charge on any atom is 0.236 e. The van der Waals surface area contributed by atoms with Crippen molar-refractivity contribution in [3.8, 4) is 22.6 Å². The Balaban J connectivity index is 1.39. The summed E-state index contributed by atoms with van der Waals surface area (Å²) in [4.78, 5) is 21.0. The van der Waals surface area contributed by atoms with Gasteiger partial charge in [-0.15, -0.1) is 21.5 Å². The van der Waals surface area contributed by atoms with Crippen molar-refractivity contribution in [2.45, 2.75) is 25.5 Å². The predicted octanol–water partition coefficient (Wildman–Crippen LogP) is 4.52. The number of nitrogens with zero attached hydrogens (tertiary/aromatic N) is 5. The first-order valence-electron chi connectivity index (χ1n) is 9.43. The number of thioether (sulfide) groups is 1. The standard InChI is InChI=1S/C21H20N6OS2/c1-3-27-19(16-8-10-22-11-9-16)25-26-21(27)30-13-18(28)24-20-23-17(12-29-20)15-6-4-14(2)5-7-15/h4-12H,3,13H2,1-2H3,(H,23,24,28). The van der Waals surface area contributed by atoms with Crippen LogP contribution in [0, 0.1) is 6.92 Å². The van der Waals surface area contributed by atoms with Crippen LogP contribution in [0.1, 0.15) is 12.5 Å². The van der Waals surface area contributed by atoms with Crippen LogP contribution in [0.2, 0.25) is 0 Å². The molecule has 0 unspecified atom stereocenters. The van der Waals surface area contributed by atoms with Crippen LogP contribution in [-0.2, 0) is 11.3 Å². The van der Waals surface area contributed by atoms with E-state index in [0.29, 0.717) is 16.8 Å². The number of aryl methyl sites for hydroxylation is 1. The Labute approximate surface area is 182 Å². The highest BCUT2D eigenvalue weighted by Gasteiger charge is 2.15. The Morgan fingerprint density at radius 1 is 1.10 bits per heavy atom. The maximum absolute atomic E-state index is 12.4. The molecular formula is C21H20N6OS2. The first-order valence-corrected chi connectivity index (χ1v) is 11.3. The van der Waals surface area contributed by atoms with Gasteiger partial charge >= 0.3 is 0 Å². The normalized spacial score (nSPS) is 10.9. The summed E-state index contributed by atoms with van der Waals surface area (Å²) in [5, 5.41) is 14.7. The molecule has 3 heterocycles. The molecule has 4 rings (SSSR count). The number of carbonyl (C=O) groups excluding carboxylic acids is 1. The molecule has 30 heavy (non-hydrogen) atoms. The molecule has 3 aromatic heterocycles. The number of hydrogen-bond donors (Lipinski definition) is 1. The van der Waals surface area contributed by atoms with Gasteiger partial charge in [0.2, 0.25) is 5.91 Å². The van der Waals surface area contributed by atoms with E-state index in [1.54, 1.807) is 12.4 Å². The van der Waals surface area contributed by atoms with Crippen molar-refractivity contribution in [3.05, 3.63) is 59.7 Å². The smallest absolute Gasteiger partial charge is 0.236 e. The lowest BCUT2D eigenvalue weighted by Crippen LogP contribution is -2.14. The molecule has 152 valence electrons. The SMILES string of the molecule is CCn1c(SCC(=O)Nc2nc(-c3ccc(C)cc3)cs2)nnc1-c1ccncc1. The van der Waals surface area contributed by atoms with Gasteiger partial charge in [-0.1, -0.05) is 41.6 Å². The van der Waals surface area contributed by atoms with E-state index in [2.05, 4.69) is 25.5 Å². The number of amides is 1. The van der Waals surface area contributed by atoms with Crippen LogP contribution in [0.4, 0.5) is 5.13 Å². The van der Waals surface area contributed by atoms with E-state index in [1.165, 1.54) is 28.7 Å². The minimum absolute atomic E-state index is 0.124. The van der Waals surface area contributed by atoms with Crippen molar-refractivity contribution < 1.29 is 4.79 Å². The summed E-state index contributed by atoms with van der Waals surface area (Å²) in [6.07, 6.45) is 3.45. The molecule has 0 aliphatic carbocycles. The fourth-order valence-corrected chi connectivity index (χ4v) is 4.41. The number of anilines is 1. The third kappa shape index (κ3) is 4.58. The van der Waals surface area contributed by atoms with Gasteiger partial charge in [0, 0.05) is 35.4 Å². The predicted molar refractivity (Wildman–Crippen MR) is 121 cm³/mol. The van der Waals surface area contributed by atoms with E-state index in [1.807, 2.05) is 60.2 Å². The molecule has 0 spiro atoms. The first kappa shape index (κ1) is 20.2. The van der Waals surface area contributed by atoms with Crippen molar-refractivity contribution in [2.75, 3.05) is 11.1 Å². The molecule has 0 aliphatic heterocycles. The molecule has 0 radical (unpaired) electrons. The molecular weight excluding hydrogens is 416 g/mol. The highest BCUT2D eigenvalue weighted by Crippen LogP contribution is 2.26. The number of hydrogen-bond acceptors (Lipinski definition) is 7. The molecule has 0 aliphatic rings. The molecule has 0 fully saturated rings. The largest absolute Gasteiger partial charge is 0.302 e. The van der Waals surface area contributed by atoms with Crippen LogP contribution in [0.15, 0.2) is 59.3 Å². The Kier molecular flexibility index (Phi) is 6.20. The van der Waals surface area contributed by atoms with Crippen LogP contribution in [0.3, 0.4) is 0 Å². The molecule has 7 nitrogen and oxygen atoms in total. The number of benzene rings is 1. The third-order valence-corrected chi connectivity index (χ3v) is 6.13. The number of carbonyl (C=O) groups is 1. The van der Waals surface area contributed by atoms with Crippen LogP contribution in [-0.4, -0.2) is 36.4 Å². The number of pyridine rings is 1. The molecule has 0 bridgehead atoms. The first-order chi connectivity index (χ1) is 14.6. The lowest BCUT2D eigenvalue weighted by atomic mass is 10.1. The second-order valence-electron chi connectivity index (χ2n) is 6.53. The van der Waals surface area contributed by atoms with Crippen molar-refractivity contribution in [3.63, 3.8) is 0 Å². The van der Waals surface area contributed by atoms with E-state index in [4.69, 9.17) is 0 Å². The Morgan fingerprint density at radius 3 is 2.60 bits per heavy atom. The van der Waals surface area contributed by atoms with Crippen LogP contribution >= 0.6 is 23.1 Å². The number of nitrogens with one attached hydrogen (secondary N) is 1. The fourth-order valence-electron chi connectivity index (χ4n) is 2.87. The van der Waals surface area contributed by atoms with Gasteiger partial charge in [0.25, 0.3) is 0 Å². The minimum Gasteiger partial charge on any atom is -0.302 e. The van der Waals surface area contributed by atoms with E-state index in [-0.39, 0.29) is 11.7 Å². The van der Waals surface area contributed by atoms with Crippen LogP contribution in [0.5, 0.6) is 0 Å². The number of thiazole rings is 1. The van der Waals surface area contributed by atoms with Crippen molar-refractivity contribution in [2.24, 2.45) is 0 Å². The molecule has 1 N–H and O–H groups in total. The zero-order valence-electron chi connectivity index (χ0n) is 16.6. The fraction of sp³-hybridized carbons (Fsp3) is 0.190. The molecule has 9 heteroatoms. The van der Waals surface area contributed by atoms with Crippen molar-refractivity contribution in [1.29, 1.82) is 0 Å². The summed E-state index contributed by atoms with van der Waals surface area (Å²) >= 11 is 2.77. The lowest BCUT2D eigenvalue weighted by Gasteiger charge is -2.07. The van der Waals surface area contributed by atoms with Gasteiger partial charge in [-0.3, -0.25) is 9.78 Å². The molecule has 0 atom stereocenters. The quantitative estimate of drug-likeness (QED) is 0.429. The van der Waals surface area contributed by atoms with Crippen LogP contribution in [0.25, 0.3) is 22.6 Å². The number of aromatic nitrogens is 5. The van der Waals surface area contributed by atoms with Gasteiger partial charge in [0.1, 0.15) is 0 Å². The highest BCUT2D eigenvalue weighted by molar-refractivity contribution is 7.99. The molecule has 1 aromatic carbocycles. The zero-order chi connectivity index (χ0) is 20.9. The second-order valence-corrected chi connectivity index (χ2v) is 8.33. The third-order valence-electron chi connectivity index (χ3n) is 4.40. The average molecular weight is 437 g/mol. The average Bonchev–Trinajstić information content (AvgIpc) is 3.40. The summed E-state index contributed by atoms with van der Waals surface area (Å²) < 4.78 is 1.99. The summed E-state index contributed by atoms with van der Waals surface area (Å²) in [5.41, 5.74) is 4.04. The Hall–Kier alpha value is -3.04. The van der Waals surface area contributed by atoms with Crippen molar-refractivity contribution in [1.82, 2.24) is 24.7 Å². The summed E-state index contributed by atoms with van der Waals surface area (Å²) in [6.45, 7) is 4.79. The molecule has 1 amide bonds. The topological polar surface area (TPSA) is 85.6 Å². The molecule has 0 saturated heterocycles. The van der Waals surface area contributed by atoms with Gasteiger partial charge < -0.3 is 9.88 Å². The molecule has 0 saturated carbocycles. The Morgan fingerprint density at radius 2 is 1.87 bits per heavy atom. The minimum atomic E-state index is -0.124. The number of rotatable bonds is 7. The van der Waals surface area contributed by atoms with E-state index >= 15 is 0 Å². The summed E-state index contributed by atoms with van der Waals surface area (Å²) in [5.74, 6) is 0.875. The highest BCUT2D eigenvalue weighted by atomic mass is 32.2. The van der Waals surface area contributed by atoms with Gasteiger partial charge in [-0.05, 0) is 26.0 Å². The Bertz CT molecular complexity index is 1140. The lowest BCUT2D eigenvalue weighted by molar-refractivity contribution is -0.113. The summed E-state index contributed by atoms with van der Waals surface area (Å²) in [6, 6.07) is 12.0. The van der Waals surface area contributed by atoms with Gasteiger partial charge in [0.15, 0.2) is 16.1 Å². The van der Waals surface area contributed by atoms with Crippen LogP contribution < -0.4 is 5.32 Å². The zero-order valence-corrected chi connectivity index (χ0v) is 18.2.